The van der Waals surface area contributed by atoms with Crippen molar-refractivity contribution in [1.29, 1.82) is 0 Å². The van der Waals surface area contributed by atoms with Crippen LogP contribution in [0.3, 0.4) is 0 Å². The largest absolute Gasteiger partial charge is 0.361 e. The van der Waals surface area contributed by atoms with Crippen molar-refractivity contribution < 1.29 is 4.39 Å². The zero-order valence-electron chi connectivity index (χ0n) is 7.34. The molecule has 0 fully saturated rings. The number of fused-ring (bicyclic) bond motifs is 1. The highest BCUT2D eigenvalue weighted by atomic mass is 19.1. The monoisotopic (exact) mass is 178 g/mol. The van der Waals surface area contributed by atoms with E-state index in [1.165, 1.54) is 12.1 Å². The van der Waals surface area contributed by atoms with Crippen LogP contribution in [0.4, 0.5) is 4.39 Å². The van der Waals surface area contributed by atoms with Gasteiger partial charge in [0.25, 0.3) is 0 Å². The van der Waals surface area contributed by atoms with E-state index in [1.54, 1.807) is 6.07 Å². The number of nitrogens with two attached hydrogens (primary N) is 1. The molecule has 2 aromatic rings. The van der Waals surface area contributed by atoms with Crippen molar-refractivity contribution >= 4 is 10.9 Å². The predicted octanol–water partition coefficient (Wildman–Crippen LogP) is 2.33. The summed E-state index contributed by atoms with van der Waals surface area (Å²) in [4.78, 5) is 3.05. The van der Waals surface area contributed by atoms with Crippen LogP contribution in [0.1, 0.15) is 18.5 Å². The van der Waals surface area contributed by atoms with Gasteiger partial charge in [-0.05, 0) is 30.7 Å². The second-order valence-corrected chi connectivity index (χ2v) is 3.22. The van der Waals surface area contributed by atoms with E-state index in [4.69, 9.17) is 5.73 Å². The van der Waals surface area contributed by atoms with Gasteiger partial charge in [0, 0.05) is 23.1 Å². The molecular weight excluding hydrogens is 167 g/mol. The lowest BCUT2D eigenvalue weighted by molar-refractivity contribution is 0.629. The Kier molecular flexibility index (Phi) is 1.81. The molecule has 68 valence electrons. The van der Waals surface area contributed by atoms with Crippen LogP contribution in [0.5, 0.6) is 0 Å². The van der Waals surface area contributed by atoms with Crippen molar-refractivity contribution in [2.24, 2.45) is 5.73 Å². The van der Waals surface area contributed by atoms with Gasteiger partial charge in [0.15, 0.2) is 0 Å². The Morgan fingerprint density at radius 1 is 1.46 bits per heavy atom. The molecule has 0 spiro atoms. The Hall–Kier alpha value is -1.35. The van der Waals surface area contributed by atoms with Gasteiger partial charge in [-0.3, -0.25) is 0 Å². The molecule has 1 atom stereocenters. The number of benzene rings is 1. The Bertz CT molecular complexity index is 431. The lowest BCUT2D eigenvalue weighted by atomic mass is 10.1. The molecule has 0 saturated heterocycles. The zero-order chi connectivity index (χ0) is 9.42. The van der Waals surface area contributed by atoms with Gasteiger partial charge in [0.1, 0.15) is 5.82 Å². The number of halogens is 1. The Morgan fingerprint density at radius 3 is 2.92 bits per heavy atom. The van der Waals surface area contributed by atoms with Gasteiger partial charge in [-0.1, -0.05) is 0 Å². The molecule has 0 radical (unpaired) electrons. The van der Waals surface area contributed by atoms with Crippen molar-refractivity contribution in [3.63, 3.8) is 0 Å². The van der Waals surface area contributed by atoms with E-state index in [1.807, 2.05) is 13.1 Å². The van der Waals surface area contributed by atoms with Gasteiger partial charge >= 0.3 is 0 Å². The minimum atomic E-state index is -0.228. The minimum absolute atomic E-state index is 0.0736. The van der Waals surface area contributed by atoms with E-state index in [-0.39, 0.29) is 11.9 Å². The summed E-state index contributed by atoms with van der Waals surface area (Å²) in [5, 5.41) is 0.870. The van der Waals surface area contributed by atoms with Crippen LogP contribution in [0.15, 0.2) is 24.4 Å². The number of hydrogen-bond donors (Lipinski definition) is 2. The Labute approximate surface area is 75.6 Å². The van der Waals surface area contributed by atoms with Crippen molar-refractivity contribution in [1.82, 2.24) is 4.98 Å². The van der Waals surface area contributed by atoms with Crippen LogP contribution in [0.2, 0.25) is 0 Å². The summed E-state index contributed by atoms with van der Waals surface area (Å²) >= 11 is 0. The molecule has 0 bridgehead atoms. The number of nitrogens with one attached hydrogen (secondary N) is 1. The van der Waals surface area contributed by atoms with Gasteiger partial charge in [0.2, 0.25) is 0 Å². The average molecular weight is 178 g/mol. The summed E-state index contributed by atoms with van der Waals surface area (Å²) in [7, 11) is 0. The molecule has 3 heteroatoms. The first kappa shape index (κ1) is 8.26. The highest BCUT2D eigenvalue weighted by molar-refractivity contribution is 5.83. The number of aromatic amines is 1. The van der Waals surface area contributed by atoms with E-state index in [0.717, 1.165) is 16.5 Å². The fourth-order valence-electron chi connectivity index (χ4n) is 1.49. The van der Waals surface area contributed by atoms with E-state index in [0.29, 0.717) is 0 Å². The number of hydrogen-bond acceptors (Lipinski definition) is 1. The third-order valence-corrected chi connectivity index (χ3v) is 2.17. The molecule has 3 N–H and O–H groups in total. The first-order valence-corrected chi connectivity index (χ1v) is 4.20. The third-order valence-electron chi connectivity index (χ3n) is 2.17. The minimum Gasteiger partial charge on any atom is -0.361 e. The van der Waals surface area contributed by atoms with Crippen molar-refractivity contribution in [3.8, 4) is 0 Å². The fourth-order valence-corrected chi connectivity index (χ4v) is 1.49. The first-order valence-electron chi connectivity index (χ1n) is 4.20. The van der Waals surface area contributed by atoms with E-state index in [9.17, 15) is 4.39 Å². The second-order valence-electron chi connectivity index (χ2n) is 3.22. The third kappa shape index (κ3) is 1.31. The summed E-state index contributed by atoms with van der Waals surface area (Å²) in [6.45, 7) is 1.88. The maximum Gasteiger partial charge on any atom is 0.123 e. The van der Waals surface area contributed by atoms with Crippen LogP contribution in [0, 0.1) is 5.82 Å². The predicted molar refractivity (Wildman–Crippen MR) is 50.9 cm³/mol. The molecule has 2 rings (SSSR count). The molecule has 0 saturated carbocycles. The van der Waals surface area contributed by atoms with E-state index in [2.05, 4.69) is 4.98 Å². The van der Waals surface area contributed by atoms with Crippen LogP contribution in [-0.2, 0) is 0 Å². The first-order chi connectivity index (χ1) is 6.18. The summed E-state index contributed by atoms with van der Waals surface area (Å²) < 4.78 is 12.9. The maximum atomic E-state index is 12.9. The van der Waals surface area contributed by atoms with E-state index < -0.39 is 0 Å². The molecule has 1 aromatic carbocycles. The van der Waals surface area contributed by atoms with Gasteiger partial charge in [-0.15, -0.1) is 0 Å². The van der Waals surface area contributed by atoms with Crippen LogP contribution in [0.25, 0.3) is 10.9 Å². The van der Waals surface area contributed by atoms with Crippen molar-refractivity contribution in [3.05, 3.63) is 35.8 Å². The number of rotatable bonds is 1. The summed E-state index contributed by atoms with van der Waals surface area (Å²) in [6.07, 6.45) is 1.83. The standard InChI is InChI=1S/C10H11FN2/c1-6(12)9-5-13-10-3-2-7(11)4-8(9)10/h2-6,13H,12H2,1H3. The van der Waals surface area contributed by atoms with Gasteiger partial charge < -0.3 is 10.7 Å². The van der Waals surface area contributed by atoms with Crippen LogP contribution in [-0.4, -0.2) is 4.98 Å². The molecular formula is C10H11FN2. The molecule has 1 aromatic heterocycles. The lowest BCUT2D eigenvalue weighted by Crippen LogP contribution is -2.03. The zero-order valence-corrected chi connectivity index (χ0v) is 7.34. The van der Waals surface area contributed by atoms with E-state index >= 15 is 0 Å². The highest BCUT2D eigenvalue weighted by Crippen LogP contribution is 2.23. The summed E-state index contributed by atoms with van der Waals surface area (Å²) in [5.41, 5.74) is 7.61. The van der Waals surface area contributed by atoms with Crippen molar-refractivity contribution in [2.75, 3.05) is 0 Å². The van der Waals surface area contributed by atoms with Crippen molar-refractivity contribution in [2.45, 2.75) is 13.0 Å². The molecule has 0 aliphatic rings. The quantitative estimate of drug-likeness (QED) is 0.691. The van der Waals surface area contributed by atoms with Gasteiger partial charge in [0.05, 0.1) is 0 Å². The normalized spacial score (nSPS) is 13.5. The molecule has 1 unspecified atom stereocenters. The van der Waals surface area contributed by atoms with Crippen LogP contribution >= 0.6 is 0 Å². The highest BCUT2D eigenvalue weighted by Gasteiger charge is 2.07. The molecule has 0 aliphatic carbocycles. The molecule has 2 nitrogen and oxygen atoms in total. The maximum absolute atomic E-state index is 12.9. The van der Waals surface area contributed by atoms with Gasteiger partial charge in [-0.25, -0.2) is 4.39 Å². The average Bonchev–Trinajstić information content (AvgIpc) is 2.46. The molecule has 0 amide bonds. The number of aromatic nitrogens is 1. The Morgan fingerprint density at radius 2 is 2.23 bits per heavy atom. The Balaban J connectivity index is 2.71. The second kappa shape index (κ2) is 2.85. The van der Waals surface area contributed by atoms with Crippen LogP contribution < -0.4 is 5.73 Å². The molecule has 13 heavy (non-hydrogen) atoms. The topological polar surface area (TPSA) is 41.8 Å². The molecule has 0 aliphatic heterocycles. The summed E-state index contributed by atoms with van der Waals surface area (Å²) in [5.74, 6) is -0.228. The number of H-pyrrole nitrogens is 1. The van der Waals surface area contributed by atoms with Gasteiger partial charge in [-0.2, -0.15) is 0 Å². The smallest absolute Gasteiger partial charge is 0.123 e. The molecule has 1 heterocycles. The fraction of sp³-hybridized carbons (Fsp3) is 0.200. The SMILES string of the molecule is CC(N)c1c[nH]c2ccc(F)cc12. The lowest BCUT2D eigenvalue weighted by Gasteiger charge is -2.01. The summed E-state index contributed by atoms with van der Waals surface area (Å²) in [6, 6.07) is 4.58.